The maximum atomic E-state index is 14.3. The van der Waals surface area contributed by atoms with E-state index in [0.29, 0.717) is 5.56 Å². The largest absolute Gasteiger partial charge is 0.395 e. The van der Waals surface area contributed by atoms with Crippen molar-refractivity contribution in [3.05, 3.63) is 47.0 Å². The summed E-state index contributed by atoms with van der Waals surface area (Å²) < 4.78 is 16.3. The van der Waals surface area contributed by atoms with Gasteiger partial charge in [0.05, 0.1) is 23.0 Å². The molecule has 2 aromatic heterocycles. The Morgan fingerprint density at radius 3 is 2.86 bits per heavy atom. The molecule has 21 heavy (non-hydrogen) atoms. The van der Waals surface area contributed by atoms with Crippen LogP contribution < -0.4 is 5.73 Å². The molecular formula is C15H13ClFN3O. The Hall–Kier alpha value is -2.11. The lowest BCUT2D eigenvalue weighted by molar-refractivity contribution is 0.277. The topological polar surface area (TPSA) is 64.1 Å². The van der Waals surface area contributed by atoms with Crippen molar-refractivity contribution in [1.29, 1.82) is 0 Å². The predicted molar refractivity (Wildman–Crippen MR) is 81.5 cm³/mol. The number of aromatic nitrogens is 2. The molecule has 0 atom stereocenters. The molecule has 0 saturated carbocycles. The molecule has 4 nitrogen and oxygen atoms in total. The molecule has 0 bridgehead atoms. The van der Waals surface area contributed by atoms with Gasteiger partial charge in [0.1, 0.15) is 5.69 Å². The number of fused-ring (bicyclic) bond motifs is 1. The molecule has 0 aliphatic heterocycles. The summed E-state index contributed by atoms with van der Waals surface area (Å²) >= 11 is 5.87. The van der Waals surface area contributed by atoms with Crippen molar-refractivity contribution in [2.75, 3.05) is 5.73 Å². The molecule has 0 saturated heterocycles. The van der Waals surface area contributed by atoms with Crippen LogP contribution in [0.2, 0.25) is 5.02 Å². The van der Waals surface area contributed by atoms with Gasteiger partial charge in [-0.1, -0.05) is 23.7 Å². The molecule has 0 aliphatic carbocycles. The third kappa shape index (κ3) is 2.14. The molecule has 0 spiro atoms. The summed E-state index contributed by atoms with van der Waals surface area (Å²) in [5.41, 5.74) is 7.25. The number of pyridine rings is 1. The van der Waals surface area contributed by atoms with Gasteiger partial charge in [-0.15, -0.1) is 0 Å². The fraction of sp³-hybridized carbons (Fsp3) is 0.133. The quantitative estimate of drug-likeness (QED) is 0.764. The lowest BCUT2D eigenvalue weighted by Crippen LogP contribution is -2.03. The molecule has 0 amide bonds. The summed E-state index contributed by atoms with van der Waals surface area (Å²) in [7, 11) is 1.91. The van der Waals surface area contributed by atoms with Gasteiger partial charge >= 0.3 is 0 Å². The SMILES string of the molecule is Cn1ccc2ccc(-c3nc(CO)c(Cl)c(N)c3F)cc21. The third-order valence-corrected chi connectivity index (χ3v) is 3.91. The van der Waals surface area contributed by atoms with Crippen LogP contribution in [0.5, 0.6) is 0 Å². The van der Waals surface area contributed by atoms with E-state index in [1.807, 2.05) is 36.0 Å². The highest BCUT2D eigenvalue weighted by molar-refractivity contribution is 6.33. The normalized spacial score (nSPS) is 11.2. The van der Waals surface area contributed by atoms with E-state index in [4.69, 9.17) is 17.3 Å². The molecule has 0 unspecified atom stereocenters. The summed E-state index contributed by atoms with van der Waals surface area (Å²) in [6.45, 7) is -0.400. The minimum atomic E-state index is -0.675. The average molecular weight is 306 g/mol. The number of aliphatic hydroxyl groups is 1. The Balaban J connectivity index is 2.26. The van der Waals surface area contributed by atoms with E-state index in [9.17, 15) is 9.50 Å². The number of rotatable bonds is 2. The highest BCUT2D eigenvalue weighted by Crippen LogP contribution is 2.33. The first-order valence-electron chi connectivity index (χ1n) is 6.32. The molecule has 0 aliphatic rings. The smallest absolute Gasteiger partial charge is 0.173 e. The zero-order chi connectivity index (χ0) is 15.1. The van der Waals surface area contributed by atoms with Gasteiger partial charge < -0.3 is 15.4 Å². The van der Waals surface area contributed by atoms with E-state index in [0.717, 1.165) is 10.9 Å². The number of halogens is 2. The molecule has 108 valence electrons. The maximum absolute atomic E-state index is 14.3. The van der Waals surface area contributed by atoms with E-state index >= 15 is 0 Å². The molecule has 1 aromatic carbocycles. The molecule has 6 heteroatoms. The van der Waals surface area contributed by atoms with Gasteiger partial charge in [0.15, 0.2) is 5.82 Å². The molecular weight excluding hydrogens is 293 g/mol. The van der Waals surface area contributed by atoms with E-state index in [1.54, 1.807) is 6.07 Å². The molecule has 0 fully saturated rings. The molecule has 0 radical (unpaired) electrons. The van der Waals surface area contributed by atoms with Gasteiger partial charge in [-0.05, 0) is 17.5 Å². The molecule has 3 N–H and O–H groups in total. The maximum Gasteiger partial charge on any atom is 0.173 e. The number of nitrogen functional groups attached to an aromatic ring is 1. The van der Waals surface area contributed by atoms with Crippen LogP contribution >= 0.6 is 11.6 Å². The Labute approximate surface area is 125 Å². The number of nitrogens with zero attached hydrogens (tertiary/aromatic N) is 2. The first-order valence-corrected chi connectivity index (χ1v) is 6.70. The fourth-order valence-corrected chi connectivity index (χ4v) is 2.50. The summed E-state index contributed by atoms with van der Waals surface area (Å²) in [5, 5.41) is 10.3. The molecule has 3 aromatic rings. The minimum Gasteiger partial charge on any atom is -0.395 e. The van der Waals surface area contributed by atoms with Crippen molar-refractivity contribution in [3.63, 3.8) is 0 Å². The second kappa shape index (κ2) is 5.02. The van der Waals surface area contributed by atoms with Crippen molar-refractivity contribution in [1.82, 2.24) is 9.55 Å². The van der Waals surface area contributed by atoms with Crippen LogP contribution in [0, 0.1) is 5.82 Å². The van der Waals surface area contributed by atoms with E-state index in [2.05, 4.69) is 4.98 Å². The molecule has 2 heterocycles. The Kier molecular flexibility index (Phi) is 3.31. The van der Waals surface area contributed by atoms with Crippen LogP contribution in [-0.4, -0.2) is 14.7 Å². The number of aryl methyl sites for hydroxylation is 1. The summed E-state index contributed by atoms with van der Waals surface area (Å²) in [5.74, 6) is -0.675. The predicted octanol–water partition coefficient (Wildman–Crippen LogP) is 3.11. The number of benzene rings is 1. The van der Waals surface area contributed by atoms with Gasteiger partial charge in [-0.25, -0.2) is 9.37 Å². The number of hydrogen-bond acceptors (Lipinski definition) is 3. The van der Waals surface area contributed by atoms with Crippen molar-refractivity contribution in [3.8, 4) is 11.3 Å². The van der Waals surface area contributed by atoms with Gasteiger partial charge in [0.2, 0.25) is 0 Å². The zero-order valence-electron chi connectivity index (χ0n) is 11.3. The average Bonchev–Trinajstić information content (AvgIpc) is 2.86. The fourth-order valence-electron chi connectivity index (χ4n) is 2.32. The number of aliphatic hydroxyl groups excluding tert-OH is 1. The Bertz CT molecular complexity index is 845. The van der Waals surface area contributed by atoms with Crippen LogP contribution in [0.1, 0.15) is 5.69 Å². The number of anilines is 1. The van der Waals surface area contributed by atoms with Gasteiger partial charge in [0, 0.05) is 24.3 Å². The summed E-state index contributed by atoms with van der Waals surface area (Å²) in [6.07, 6.45) is 1.92. The van der Waals surface area contributed by atoms with Crippen LogP contribution in [0.15, 0.2) is 30.5 Å². The van der Waals surface area contributed by atoms with Crippen molar-refractivity contribution >= 4 is 28.2 Å². The lowest BCUT2D eigenvalue weighted by Gasteiger charge is -2.10. The minimum absolute atomic E-state index is 0.0429. The van der Waals surface area contributed by atoms with E-state index in [-0.39, 0.29) is 22.1 Å². The standard InChI is InChI=1S/C15H13ClFN3O/c1-20-5-4-8-2-3-9(6-11(8)20)15-13(17)14(18)12(16)10(7-21)19-15/h2-6,21H,7H2,1H3,(H2,18,19). The molecule has 3 rings (SSSR count). The van der Waals surface area contributed by atoms with Crippen LogP contribution in [-0.2, 0) is 13.7 Å². The second-order valence-electron chi connectivity index (χ2n) is 4.81. The van der Waals surface area contributed by atoms with Crippen LogP contribution in [0.4, 0.5) is 10.1 Å². The third-order valence-electron chi connectivity index (χ3n) is 3.49. The summed E-state index contributed by atoms with van der Waals surface area (Å²) in [6, 6.07) is 7.45. The first kappa shape index (κ1) is 13.9. The van der Waals surface area contributed by atoms with Crippen molar-refractivity contribution in [2.24, 2.45) is 7.05 Å². The highest BCUT2D eigenvalue weighted by Gasteiger charge is 2.18. The van der Waals surface area contributed by atoms with Gasteiger partial charge in [-0.2, -0.15) is 0 Å². The van der Waals surface area contributed by atoms with E-state index in [1.165, 1.54) is 0 Å². The van der Waals surface area contributed by atoms with Crippen molar-refractivity contribution < 1.29 is 9.50 Å². The van der Waals surface area contributed by atoms with Gasteiger partial charge in [0.25, 0.3) is 0 Å². The summed E-state index contributed by atoms with van der Waals surface area (Å²) in [4.78, 5) is 4.10. The number of nitrogens with two attached hydrogens (primary N) is 1. The van der Waals surface area contributed by atoms with Crippen LogP contribution in [0.3, 0.4) is 0 Å². The second-order valence-corrected chi connectivity index (χ2v) is 5.19. The van der Waals surface area contributed by atoms with E-state index < -0.39 is 12.4 Å². The Morgan fingerprint density at radius 2 is 2.14 bits per heavy atom. The number of hydrogen-bond donors (Lipinski definition) is 2. The monoisotopic (exact) mass is 305 g/mol. The first-order chi connectivity index (χ1) is 10.0. The highest BCUT2D eigenvalue weighted by atomic mass is 35.5. The van der Waals surface area contributed by atoms with Crippen LogP contribution in [0.25, 0.3) is 22.2 Å². The lowest BCUT2D eigenvalue weighted by atomic mass is 10.1. The van der Waals surface area contributed by atoms with Gasteiger partial charge in [-0.3, -0.25) is 0 Å². The Morgan fingerprint density at radius 1 is 1.38 bits per heavy atom. The zero-order valence-corrected chi connectivity index (χ0v) is 12.0. The van der Waals surface area contributed by atoms with Crippen molar-refractivity contribution in [2.45, 2.75) is 6.61 Å².